The molecule has 7 heteroatoms. The Kier molecular flexibility index (Phi) is 3.19. The fourth-order valence-corrected chi connectivity index (χ4v) is 2.00. The van der Waals surface area contributed by atoms with E-state index in [1.54, 1.807) is 19.9 Å². The third-order valence-electron chi connectivity index (χ3n) is 2.30. The topological polar surface area (TPSA) is 72.4 Å². The molecule has 1 aliphatic rings. The van der Waals surface area contributed by atoms with Crippen molar-refractivity contribution in [1.29, 1.82) is 0 Å². The second kappa shape index (κ2) is 4.62. The van der Waals surface area contributed by atoms with Crippen LogP contribution in [0.4, 0.5) is 5.13 Å². The normalized spacial score (nSPS) is 19.4. The van der Waals surface area contributed by atoms with Crippen LogP contribution in [0.1, 0.15) is 20.3 Å². The SMILES string of the molecule is CCC(=O)OC1C=C(C)C(=O)N1c1ncns1. The van der Waals surface area contributed by atoms with Gasteiger partial charge in [0.1, 0.15) is 6.33 Å². The summed E-state index contributed by atoms with van der Waals surface area (Å²) < 4.78 is 9.00. The van der Waals surface area contributed by atoms with Crippen LogP contribution in [-0.2, 0) is 14.3 Å². The number of nitrogens with zero attached hydrogens (tertiary/aromatic N) is 3. The minimum atomic E-state index is -0.706. The smallest absolute Gasteiger partial charge is 0.307 e. The van der Waals surface area contributed by atoms with E-state index in [0.717, 1.165) is 11.5 Å². The Hall–Kier alpha value is -1.76. The van der Waals surface area contributed by atoms with Crippen LogP contribution in [0.5, 0.6) is 0 Å². The molecule has 0 bridgehead atoms. The second-order valence-electron chi connectivity index (χ2n) is 3.48. The third kappa shape index (κ3) is 2.19. The van der Waals surface area contributed by atoms with Crippen molar-refractivity contribution in [3.05, 3.63) is 18.0 Å². The number of anilines is 1. The standard InChI is InChI=1S/C10H11N3O3S/c1-3-8(14)16-7-4-6(2)9(15)13(7)10-11-5-12-17-10/h4-5,7H,3H2,1-2H3. The van der Waals surface area contributed by atoms with Gasteiger partial charge in [-0.25, -0.2) is 9.88 Å². The fourth-order valence-electron chi connectivity index (χ4n) is 1.44. The highest BCUT2D eigenvalue weighted by atomic mass is 32.1. The van der Waals surface area contributed by atoms with Crippen molar-refractivity contribution in [2.45, 2.75) is 26.5 Å². The number of carbonyl (C=O) groups is 2. The van der Waals surface area contributed by atoms with E-state index in [1.165, 1.54) is 11.2 Å². The molecule has 2 rings (SSSR count). The van der Waals surface area contributed by atoms with Gasteiger partial charge in [-0.15, -0.1) is 0 Å². The molecule has 0 spiro atoms. The molecule has 1 amide bonds. The summed E-state index contributed by atoms with van der Waals surface area (Å²) in [6, 6.07) is 0. The first kappa shape index (κ1) is 11.7. The average Bonchev–Trinajstić information content (AvgIpc) is 2.89. The highest BCUT2D eigenvalue weighted by Crippen LogP contribution is 2.27. The van der Waals surface area contributed by atoms with Crippen molar-refractivity contribution in [2.75, 3.05) is 4.90 Å². The molecule has 1 atom stereocenters. The van der Waals surface area contributed by atoms with Gasteiger partial charge in [0.2, 0.25) is 11.4 Å². The number of hydrogen-bond acceptors (Lipinski definition) is 6. The maximum Gasteiger partial charge on any atom is 0.307 e. The highest BCUT2D eigenvalue weighted by molar-refractivity contribution is 7.09. The van der Waals surface area contributed by atoms with Crippen LogP contribution in [0.25, 0.3) is 0 Å². The molecule has 1 unspecified atom stereocenters. The average molecular weight is 253 g/mol. The maximum absolute atomic E-state index is 11.9. The Balaban J connectivity index is 2.23. The van der Waals surface area contributed by atoms with Crippen molar-refractivity contribution in [2.24, 2.45) is 0 Å². The van der Waals surface area contributed by atoms with E-state index in [-0.39, 0.29) is 18.3 Å². The Morgan fingerprint density at radius 2 is 2.41 bits per heavy atom. The molecule has 0 fully saturated rings. The van der Waals surface area contributed by atoms with Crippen molar-refractivity contribution < 1.29 is 14.3 Å². The lowest BCUT2D eigenvalue weighted by Gasteiger charge is -2.21. The molecular weight excluding hydrogens is 242 g/mol. The van der Waals surface area contributed by atoms with Gasteiger partial charge in [0.15, 0.2) is 0 Å². The molecule has 90 valence electrons. The molecule has 0 aliphatic carbocycles. The summed E-state index contributed by atoms with van der Waals surface area (Å²) in [7, 11) is 0. The molecule has 1 aromatic heterocycles. The van der Waals surface area contributed by atoms with Gasteiger partial charge in [-0.1, -0.05) is 6.92 Å². The summed E-state index contributed by atoms with van der Waals surface area (Å²) in [6.45, 7) is 3.38. The number of hydrogen-bond donors (Lipinski definition) is 0. The molecule has 0 saturated carbocycles. The van der Waals surface area contributed by atoms with E-state index < -0.39 is 6.23 Å². The van der Waals surface area contributed by atoms with E-state index in [2.05, 4.69) is 9.36 Å². The molecular formula is C10H11N3O3S. The summed E-state index contributed by atoms with van der Waals surface area (Å²) in [4.78, 5) is 28.5. The number of amides is 1. The van der Waals surface area contributed by atoms with Gasteiger partial charge in [0.25, 0.3) is 5.91 Å². The Morgan fingerprint density at radius 1 is 1.65 bits per heavy atom. The van der Waals surface area contributed by atoms with Crippen LogP contribution in [0, 0.1) is 0 Å². The van der Waals surface area contributed by atoms with Gasteiger partial charge in [0.05, 0.1) is 0 Å². The van der Waals surface area contributed by atoms with Gasteiger partial charge < -0.3 is 4.74 Å². The largest absolute Gasteiger partial charge is 0.437 e. The zero-order chi connectivity index (χ0) is 12.4. The van der Waals surface area contributed by atoms with Crippen LogP contribution in [0.2, 0.25) is 0 Å². The van der Waals surface area contributed by atoms with Crippen molar-refractivity contribution >= 4 is 28.5 Å². The van der Waals surface area contributed by atoms with Crippen molar-refractivity contribution in [1.82, 2.24) is 9.36 Å². The predicted molar refractivity (Wildman–Crippen MR) is 61.3 cm³/mol. The molecule has 0 radical (unpaired) electrons. The van der Waals surface area contributed by atoms with Gasteiger partial charge in [-0.2, -0.15) is 4.37 Å². The zero-order valence-corrected chi connectivity index (χ0v) is 10.2. The quantitative estimate of drug-likeness (QED) is 0.754. The first-order valence-corrected chi connectivity index (χ1v) is 5.89. The van der Waals surface area contributed by atoms with Gasteiger partial charge in [0, 0.05) is 23.5 Å². The van der Waals surface area contributed by atoms with E-state index >= 15 is 0 Å². The summed E-state index contributed by atoms with van der Waals surface area (Å²) in [6.07, 6.45) is 2.53. The van der Waals surface area contributed by atoms with Crippen LogP contribution in [0.3, 0.4) is 0 Å². The summed E-state index contributed by atoms with van der Waals surface area (Å²) >= 11 is 1.08. The van der Waals surface area contributed by atoms with Gasteiger partial charge in [-0.3, -0.25) is 9.59 Å². The predicted octanol–water partition coefficient (Wildman–Crippen LogP) is 1.11. The van der Waals surface area contributed by atoms with E-state index in [4.69, 9.17) is 4.74 Å². The van der Waals surface area contributed by atoms with E-state index in [0.29, 0.717) is 10.7 Å². The zero-order valence-electron chi connectivity index (χ0n) is 9.41. The number of esters is 1. The molecule has 0 saturated heterocycles. The minimum Gasteiger partial charge on any atom is -0.437 e. The minimum absolute atomic E-state index is 0.212. The van der Waals surface area contributed by atoms with Gasteiger partial charge in [-0.05, 0) is 13.0 Å². The monoisotopic (exact) mass is 253 g/mol. The van der Waals surface area contributed by atoms with Crippen LogP contribution in [0.15, 0.2) is 18.0 Å². The molecule has 1 aromatic rings. The Labute approximate surface area is 102 Å². The summed E-state index contributed by atoms with van der Waals surface area (Å²) in [5.41, 5.74) is 0.536. The maximum atomic E-state index is 11.9. The molecule has 1 aliphatic heterocycles. The van der Waals surface area contributed by atoms with Crippen LogP contribution >= 0.6 is 11.5 Å². The van der Waals surface area contributed by atoms with Gasteiger partial charge >= 0.3 is 5.97 Å². The number of ether oxygens (including phenoxy) is 1. The van der Waals surface area contributed by atoms with Crippen molar-refractivity contribution in [3.8, 4) is 0 Å². The molecule has 6 nitrogen and oxygen atoms in total. The lowest BCUT2D eigenvalue weighted by atomic mass is 10.3. The number of carbonyl (C=O) groups excluding carboxylic acids is 2. The van der Waals surface area contributed by atoms with E-state index in [1.807, 2.05) is 0 Å². The van der Waals surface area contributed by atoms with E-state index in [9.17, 15) is 9.59 Å². The number of aromatic nitrogens is 2. The molecule has 2 heterocycles. The second-order valence-corrected chi connectivity index (χ2v) is 4.24. The fraction of sp³-hybridized carbons (Fsp3) is 0.400. The first-order chi connectivity index (χ1) is 8.13. The molecule has 0 N–H and O–H groups in total. The summed E-state index contributed by atoms with van der Waals surface area (Å²) in [5.74, 6) is -0.570. The number of rotatable bonds is 3. The Bertz CT molecular complexity index is 469. The van der Waals surface area contributed by atoms with Crippen LogP contribution < -0.4 is 4.90 Å². The summed E-state index contributed by atoms with van der Waals surface area (Å²) in [5, 5.41) is 0.428. The lowest BCUT2D eigenvalue weighted by Crippen LogP contribution is -2.37. The first-order valence-electron chi connectivity index (χ1n) is 5.11. The third-order valence-corrected chi connectivity index (χ3v) is 2.96. The highest BCUT2D eigenvalue weighted by Gasteiger charge is 2.35. The van der Waals surface area contributed by atoms with Crippen LogP contribution in [-0.4, -0.2) is 27.5 Å². The van der Waals surface area contributed by atoms with Crippen molar-refractivity contribution in [3.63, 3.8) is 0 Å². The lowest BCUT2D eigenvalue weighted by molar-refractivity contribution is -0.146. The Morgan fingerprint density at radius 3 is 3.00 bits per heavy atom. The molecule has 17 heavy (non-hydrogen) atoms. The molecule has 0 aromatic carbocycles.